The second kappa shape index (κ2) is 5.81. The van der Waals surface area contributed by atoms with Crippen molar-refractivity contribution >= 4 is 27.4 Å². The normalized spacial score (nSPS) is 13.3. The number of aromatic nitrogens is 2. The van der Waals surface area contributed by atoms with Gasteiger partial charge in [-0.2, -0.15) is 0 Å². The lowest BCUT2D eigenvalue weighted by Gasteiger charge is -2.18. The number of nitrogens with zero attached hydrogens (tertiary/aromatic N) is 2. The van der Waals surface area contributed by atoms with Gasteiger partial charge in [-0.1, -0.05) is 6.07 Å². The van der Waals surface area contributed by atoms with Crippen LogP contribution in [0.3, 0.4) is 0 Å². The van der Waals surface area contributed by atoms with E-state index in [1.807, 2.05) is 17.5 Å². The van der Waals surface area contributed by atoms with Crippen LogP contribution in [0.1, 0.15) is 5.56 Å². The molecule has 0 amide bonds. The van der Waals surface area contributed by atoms with E-state index in [1.165, 1.54) is 5.56 Å². The summed E-state index contributed by atoms with van der Waals surface area (Å²) >= 11 is 1.63. The van der Waals surface area contributed by atoms with E-state index in [-0.39, 0.29) is 0 Å². The minimum Gasteiger partial charge on any atom is -0.486 e. The number of nitrogens with one attached hydrogen (secondary N) is 1. The van der Waals surface area contributed by atoms with Gasteiger partial charge < -0.3 is 14.8 Å². The van der Waals surface area contributed by atoms with Gasteiger partial charge in [0, 0.05) is 6.54 Å². The van der Waals surface area contributed by atoms with Crippen LogP contribution < -0.4 is 14.8 Å². The van der Waals surface area contributed by atoms with Crippen LogP contribution in [0.15, 0.2) is 36.0 Å². The van der Waals surface area contributed by atoms with E-state index in [2.05, 4.69) is 27.4 Å². The molecular formula is C16H15N3O2S. The first kappa shape index (κ1) is 13.3. The van der Waals surface area contributed by atoms with Crippen molar-refractivity contribution in [2.24, 2.45) is 0 Å². The first-order chi connectivity index (χ1) is 10.9. The van der Waals surface area contributed by atoms with Crippen molar-refractivity contribution in [1.29, 1.82) is 0 Å². The van der Waals surface area contributed by atoms with E-state index in [1.54, 1.807) is 17.7 Å². The molecule has 5 nitrogen and oxygen atoms in total. The van der Waals surface area contributed by atoms with E-state index in [4.69, 9.17) is 9.47 Å². The lowest BCUT2D eigenvalue weighted by molar-refractivity contribution is 0.171. The Labute approximate surface area is 131 Å². The first-order valence-corrected chi connectivity index (χ1v) is 8.09. The fourth-order valence-electron chi connectivity index (χ4n) is 2.50. The molecule has 0 spiro atoms. The number of hydrogen-bond donors (Lipinski definition) is 1. The van der Waals surface area contributed by atoms with E-state index in [9.17, 15) is 0 Å². The minimum absolute atomic E-state index is 0.617. The van der Waals surface area contributed by atoms with Crippen molar-refractivity contribution in [1.82, 2.24) is 9.97 Å². The molecule has 3 heterocycles. The van der Waals surface area contributed by atoms with E-state index in [0.717, 1.165) is 40.5 Å². The summed E-state index contributed by atoms with van der Waals surface area (Å²) in [5.74, 6) is 2.56. The van der Waals surface area contributed by atoms with Crippen LogP contribution >= 0.6 is 11.3 Å². The molecular weight excluding hydrogens is 298 g/mol. The van der Waals surface area contributed by atoms with Gasteiger partial charge in [-0.3, -0.25) is 0 Å². The minimum atomic E-state index is 0.617. The molecule has 0 radical (unpaired) electrons. The van der Waals surface area contributed by atoms with E-state index < -0.39 is 0 Å². The molecule has 0 atom stereocenters. The predicted molar refractivity (Wildman–Crippen MR) is 87.0 cm³/mol. The quantitative estimate of drug-likeness (QED) is 0.802. The van der Waals surface area contributed by atoms with Crippen LogP contribution in [0.4, 0.5) is 5.82 Å². The van der Waals surface area contributed by atoms with Crippen LogP contribution in [0.5, 0.6) is 11.5 Å². The molecule has 112 valence electrons. The fraction of sp³-hybridized carbons (Fsp3) is 0.250. The van der Waals surface area contributed by atoms with Crippen LogP contribution in [0, 0.1) is 0 Å². The maximum Gasteiger partial charge on any atom is 0.161 e. The van der Waals surface area contributed by atoms with Crippen LogP contribution in [-0.2, 0) is 6.42 Å². The molecule has 1 aliphatic rings. The molecule has 3 aromatic rings. The molecule has 6 heteroatoms. The third-order valence-corrected chi connectivity index (χ3v) is 4.40. The second-order valence-corrected chi connectivity index (χ2v) is 5.91. The summed E-state index contributed by atoms with van der Waals surface area (Å²) in [5.41, 5.74) is 1.22. The SMILES string of the molecule is c1nc(NCCc2ccc3c(c2)OCCO3)c2ccsc2n1. The van der Waals surface area contributed by atoms with Crippen LogP contribution in [0.2, 0.25) is 0 Å². The highest BCUT2D eigenvalue weighted by atomic mass is 32.1. The predicted octanol–water partition coefficient (Wildman–Crippen LogP) is 3.12. The van der Waals surface area contributed by atoms with E-state index in [0.29, 0.717) is 13.2 Å². The Morgan fingerprint density at radius 1 is 1.09 bits per heavy atom. The van der Waals surface area contributed by atoms with Crippen molar-refractivity contribution in [2.75, 3.05) is 25.1 Å². The topological polar surface area (TPSA) is 56.3 Å². The largest absolute Gasteiger partial charge is 0.486 e. The highest BCUT2D eigenvalue weighted by Crippen LogP contribution is 2.31. The van der Waals surface area contributed by atoms with Gasteiger partial charge in [0.2, 0.25) is 0 Å². The zero-order valence-electron chi connectivity index (χ0n) is 11.9. The van der Waals surface area contributed by atoms with Gasteiger partial charge in [0.1, 0.15) is 30.2 Å². The second-order valence-electron chi connectivity index (χ2n) is 5.02. The van der Waals surface area contributed by atoms with Gasteiger partial charge in [-0.05, 0) is 35.6 Å². The van der Waals surface area contributed by atoms with Gasteiger partial charge in [0.15, 0.2) is 11.5 Å². The molecule has 4 rings (SSSR count). The average molecular weight is 313 g/mol. The molecule has 1 aromatic carbocycles. The lowest BCUT2D eigenvalue weighted by atomic mass is 10.1. The third kappa shape index (κ3) is 2.57. The number of fused-ring (bicyclic) bond motifs is 2. The van der Waals surface area contributed by atoms with Crippen molar-refractivity contribution < 1.29 is 9.47 Å². The van der Waals surface area contributed by atoms with Gasteiger partial charge >= 0.3 is 0 Å². The Kier molecular flexibility index (Phi) is 3.52. The average Bonchev–Trinajstić information content (AvgIpc) is 3.04. The van der Waals surface area contributed by atoms with Crippen molar-refractivity contribution in [3.8, 4) is 11.5 Å². The van der Waals surface area contributed by atoms with Gasteiger partial charge in [0.25, 0.3) is 0 Å². The zero-order valence-corrected chi connectivity index (χ0v) is 12.7. The number of thiophene rings is 1. The summed E-state index contributed by atoms with van der Waals surface area (Å²) in [6.45, 7) is 2.05. The molecule has 1 aliphatic heterocycles. The smallest absolute Gasteiger partial charge is 0.161 e. The lowest BCUT2D eigenvalue weighted by Crippen LogP contribution is -2.15. The number of rotatable bonds is 4. The van der Waals surface area contributed by atoms with Crippen molar-refractivity contribution in [3.05, 3.63) is 41.5 Å². The molecule has 0 fully saturated rings. The summed E-state index contributed by atoms with van der Waals surface area (Å²) in [4.78, 5) is 9.58. The van der Waals surface area contributed by atoms with Crippen LogP contribution in [0.25, 0.3) is 10.2 Å². The molecule has 22 heavy (non-hydrogen) atoms. The number of ether oxygens (including phenoxy) is 2. The highest BCUT2D eigenvalue weighted by Gasteiger charge is 2.11. The molecule has 2 aromatic heterocycles. The Morgan fingerprint density at radius 2 is 2.00 bits per heavy atom. The molecule has 0 saturated heterocycles. The van der Waals surface area contributed by atoms with Gasteiger partial charge in [0.05, 0.1) is 5.39 Å². The van der Waals surface area contributed by atoms with Crippen LogP contribution in [-0.4, -0.2) is 29.7 Å². The summed E-state index contributed by atoms with van der Waals surface area (Å²) < 4.78 is 11.1. The van der Waals surface area contributed by atoms with Gasteiger partial charge in [-0.25, -0.2) is 9.97 Å². The zero-order chi connectivity index (χ0) is 14.8. The Hall–Kier alpha value is -2.34. The first-order valence-electron chi connectivity index (χ1n) is 7.21. The molecule has 0 bridgehead atoms. The third-order valence-electron chi connectivity index (χ3n) is 3.57. The Bertz CT molecular complexity index is 803. The summed E-state index contributed by atoms with van der Waals surface area (Å²) in [6, 6.07) is 8.16. The van der Waals surface area contributed by atoms with E-state index >= 15 is 0 Å². The molecule has 0 aliphatic carbocycles. The number of benzene rings is 1. The molecule has 1 N–H and O–H groups in total. The number of anilines is 1. The molecule has 0 saturated carbocycles. The Morgan fingerprint density at radius 3 is 2.95 bits per heavy atom. The summed E-state index contributed by atoms with van der Waals surface area (Å²) in [7, 11) is 0. The summed E-state index contributed by atoms with van der Waals surface area (Å²) in [6.07, 6.45) is 2.50. The highest BCUT2D eigenvalue weighted by molar-refractivity contribution is 7.16. The molecule has 0 unspecified atom stereocenters. The van der Waals surface area contributed by atoms with Gasteiger partial charge in [-0.15, -0.1) is 11.3 Å². The summed E-state index contributed by atoms with van der Waals surface area (Å²) in [5, 5.41) is 6.50. The van der Waals surface area contributed by atoms with Crippen molar-refractivity contribution in [2.45, 2.75) is 6.42 Å². The number of hydrogen-bond acceptors (Lipinski definition) is 6. The fourth-order valence-corrected chi connectivity index (χ4v) is 3.23. The monoisotopic (exact) mass is 313 g/mol. The standard InChI is InChI=1S/C16H15N3O2S/c1-2-13-14(21-7-6-20-13)9-11(1)3-5-17-15-12-4-8-22-16(12)19-10-18-15/h1-2,4,8-10H,3,5-7H2,(H,17,18,19). The maximum absolute atomic E-state index is 5.61. The van der Waals surface area contributed by atoms with Crippen molar-refractivity contribution in [3.63, 3.8) is 0 Å². The maximum atomic E-state index is 5.61. The Balaban J connectivity index is 1.44.